The monoisotopic (exact) mass is 275 g/mol. The van der Waals surface area contributed by atoms with Crippen molar-refractivity contribution < 1.29 is 9.26 Å². The van der Waals surface area contributed by atoms with E-state index in [1.807, 2.05) is 38.1 Å². The minimum Gasteiger partial charge on any atom is -0.399 e. The Bertz CT molecular complexity index is 536. The maximum atomic E-state index is 5.69. The minimum absolute atomic E-state index is 0.135. The summed E-state index contributed by atoms with van der Waals surface area (Å²) in [7, 11) is 0. The third kappa shape index (κ3) is 3.57. The van der Waals surface area contributed by atoms with Gasteiger partial charge in [0.1, 0.15) is 6.10 Å². The van der Waals surface area contributed by atoms with E-state index < -0.39 is 0 Å². The third-order valence-corrected chi connectivity index (χ3v) is 3.25. The molecule has 2 atom stereocenters. The van der Waals surface area contributed by atoms with E-state index in [1.54, 1.807) is 0 Å². The van der Waals surface area contributed by atoms with Crippen LogP contribution < -0.4 is 5.73 Å². The largest absolute Gasteiger partial charge is 0.399 e. The Kier molecular flexibility index (Phi) is 4.74. The van der Waals surface area contributed by atoms with Crippen LogP contribution in [0.5, 0.6) is 0 Å². The van der Waals surface area contributed by atoms with E-state index in [4.69, 9.17) is 15.0 Å². The van der Waals surface area contributed by atoms with E-state index >= 15 is 0 Å². The first kappa shape index (κ1) is 14.5. The van der Waals surface area contributed by atoms with Crippen LogP contribution in [-0.2, 0) is 11.2 Å². The maximum absolute atomic E-state index is 5.69. The number of hydrogen-bond donors (Lipinski definition) is 1. The highest BCUT2D eigenvalue weighted by Crippen LogP contribution is 2.21. The average Bonchev–Trinajstić information content (AvgIpc) is 2.88. The highest BCUT2D eigenvalue weighted by molar-refractivity contribution is 5.40. The van der Waals surface area contributed by atoms with Gasteiger partial charge in [0.25, 0.3) is 0 Å². The van der Waals surface area contributed by atoms with Gasteiger partial charge in [-0.25, -0.2) is 0 Å². The second-order valence-electron chi connectivity index (χ2n) is 4.92. The molecule has 5 nitrogen and oxygen atoms in total. The van der Waals surface area contributed by atoms with Crippen molar-refractivity contribution in [1.82, 2.24) is 10.1 Å². The van der Waals surface area contributed by atoms with Crippen LogP contribution in [0.25, 0.3) is 0 Å². The molecular formula is C15H21N3O2. The molecule has 2 unspecified atom stereocenters. The smallest absolute Gasteiger partial charge is 0.227 e. The summed E-state index contributed by atoms with van der Waals surface area (Å²) in [5.41, 5.74) is 7.67. The molecule has 2 N–H and O–H groups in total. The molecule has 2 aromatic rings. The van der Waals surface area contributed by atoms with E-state index in [9.17, 15) is 0 Å². The number of nitrogens with two attached hydrogens (primary N) is 1. The lowest BCUT2D eigenvalue weighted by Crippen LogP contribution is -2.03. The number of nitrogens with zero attached hydrogens (tertiary/aromatic N) is 2. The van der Waals surface area contributed by atoms with Crippen molar-refractivity contribution in [3.63, 3.8) is 0 Å². The van der Waals surface area contributed by atoms with Gasteiger partial charge in [0.05, 0.1) is 0 Å². The molecule has 0 saturated heterocycles. The maximum Gasteiger partial charge on any atom is 0.227 e. The highest BCUT2D eigenvalue weighted by Gasteiger charge is 2.16. The number of aromatic nitrogens is 2. The van der Waals surface area contributed by atoms with Crippen LogP contribution in [0.3, 0.4) is 0 Å². The van der Waals surface area contributed by atoms with Gasteiger partial charge in [-0.05, 0) is 37.5 Å². The van der Waals surface area contributed by atoms with Gasteiger partial charge in [0.2, 0.25) is 5.89 Å². The highest BCUT2D eigenvalue weighted by atomic mass is 16.5. The molecule has 0 amide bonds. The molecule has 1 aromatic heterocycles. The van der Waals surface area contributed by atoms with Gasteiger partial charge in [-0.15, -0.1) is 0 Å². The van der Waals surface area contributed by atoms with Gasteiger partial charge in [-0.1, -0.05) is 24.2 Å². The van der Waals surface area contributed by atoms with Crippen molar-refractivity contribution in [2.45, 2.75) is 39.2 Å². The van der Waals surface area contributed by atoms with E-state index in [-0.39, 0.29) is 6.10 Å². The van der Waals surface area contributed by atoms with Crippen molar-refractivity contribution in [2.75, 3.05) is 12.3 Å². The molecule has 0 bridgehead atoms. The zero-order chi connectivity index (χ0) is 14.5. The lowest BCUT2D eigenvalue weighted by Gasteiger charge is -2.09. The van der Waals surface area contributed by atoms with Crippen LogP contribution in [0.2, 0.25) is 0 Å². The fraction of sp³-hybridized carbons (Fsp3) is 0.467. The molecule has 0 fully saturated rings. The fourth-order valence-electron chi connectivity index (χ4n) is 2.04. The molecule has 1 heterocycles. The van der Waals surface area contributed by atoms with Crippen LogP contribution in [0.1, 0.15) is 50.1 Å². The van der Waals surface area contributed by atoms with Crippen LogP contribution >= 0.6 is 0 Å². The molecule has 0 spiro atoms. The zero-order valence-electron chi connectivity index (χ0n) is 12.2. The first-order valence-electron chi connectivity index (χ1n) is 6.89. The van der Waals surface area contributed by atoms with Crippen molar-refractivity contribution in [3.05, 3.63) is 41.5 Å². The van der Waals surface area contributed by atoms with Gasteiger partial charge in [0.15, 0.2) is 5.82 Å². The Morgan fingerprint density at radius 2 is 1.95 bits per heavy atom. The number of anilines is 1. The summed E-state index contributed by atoms with van der Waals surface area (Å²) in [6.07, 6.45) is 0.569. The molecule has 20 heavy (non-hydrogen) atoms. The van der Waals surface area contributed by atoms with Gasteiger partial charge in [-0.2, -0.15) is 4.98 Å². The first-order chi connectivity index (χ1) is 9.60. The van der Waals surface area contributed by atoms with E-state index in [0.717, 1.165) is 5.69 Å². The molecule has 0 radical (unpaired) electrons. The lowest BCUT2D eigenvalue weighted by molar-refractivity contribution is 0.0683. The molecule has 0 aliphatic heterocycles. The second kappa shape index (κ2) is 6.52. The Morgan fingerprint density at radius 1 is 1.25 bits per heavy atom. The van der Waals surface area contributed by atoms with Crippen molar-refractivity contribution >= 4 is 5.69 Å². The Labute approximate surface area is 119 Å². The van der Waals surface area contributed by atoms with Gasteiger partial charge >= 0.3 is 0 Å². The fourth-order valence-corrected chi connectivity index (χ4v) is 2.04. The number of hydrogen-bond acceptors (Lipinski definition) is 5. The van der Waals surface area contributed by atoms with Crippen LogP contribution in [-0.4, -0.2) is 16.7 Å². The molecule has 1 aromatic carbocycles. The van der Waals surface area contributed by atoms with Gasteiger partial charge in [0, 0.05) is 18.7 Å². The summed E-state index contributed by atoms with van der Waals surface area (Å²) in [5, 5.41) is 3.96. The van der Waals surface area contributed by atoms with Crippen LogP contribution in [0, 0.1) is 0 Å². The van der Waals surface area contributed by atoms with Gasteiger partial charge in [-0.3, -0.25) is 0 Å². The molecule has 0 aliphatic carbocycles. The van der Waals surface area contributed by atoms with Crippen molar-refractivity contribution in [3.8, 4) is 0 Å². The van der Waals surface area contributed by atoms with Crippen LogP contribution in [0.4, 0.5) is 5.69 Å². The topological polar surface area (TPSA) is 74.2 Å². The lowest BCUT2D eigenvalue weighted by atomic mass is 9.98. The number of benzene rings is 1. The second-order valence-corrected chi connectivity index (χ2v) is 4.92. The van der Waals surface area contributed by atoms with E-state index in [2.05, 4.69) is 17.1 Å². The number of rotatable bonds is 6. The Hall–Kier alpha value is -1.88. The molecule has 5 heteroatoms. The predicted octanol–water partition coefficient (Wildman–Crippen LogP) is 3.10. The van der Waals surface area contributed by atoms with Gasteiger partial charge < -0.3 is 15.0 Å². The normalized spacial score (nSPS) is 14.2. The first-order valence-corrected chi connectivity index (χ1v) is 6.89. The van der Waals surface area contributed by atoms with Crippen LogP contribution in [0.15, 0.2) is 28.8 Å². The summed E-state index contributed by atoms with van der Waals surface area (Å²) in [6, 6.07) is 7.87. The zero-order valence-corrected chi connectivity index (χ0v) is 12.2. The quantitative estimate of drug-likeness (QED) is 0.820. The summed E-state index contributed by atoms with van der Waals surface area (Å²) >= 11 is 0. The standard InChI is InChI=1S/C15H21N3O2/c1-4-19-11(3)15-17-14(20-18-15)9-10(2)12-5-7-13(16)8-6-12/h5-8,10-11H,4,9,16H2,1-3H3. The average molecular weight is 275 g/mol. The minimum atomic E-state index is -0.135. The number of nitrogen functional groups attached to an aromatic ring is 1. The summed E-state index contributed by atoms with van der Waals surface area (Å²) in [4.78, 5) is 4.38. The van der Waals surface area contributed by atoms with Crippen molar-refractivity contribution in [2.24, 2.45) is 0 Å². The molecule has 0 aliphatic rings. The van der Waals surface area contributed by atoms with Crippen molar-refractivity contribution in [1.29, 1.82) is 0 Å². The Morgan fingerprint density at radius 3 is 2.60 bits per heavy atom. The van der Waals surface area contributed by atoms with E-state index in [1.165, 1.54) is 5.56 Å². The molecule has 2 rings (SSSR count). The number of ether oxygens (including phenoxy) is 1. The molecule has 108 valence electrons. The third-order valence-electron chi connectivity index (χ3n) is 3.25. The van der Waals surface area contributed by atoms with E-state index in [0.29, 0.717) is 30.7 Å². The predicted molar refractivity (Wildman–Crippen MR) is 77.3 cm³/mol. The SMILES string of the molecule is CCOC(C)c1noc(CC(C)c2ccc(N)cc2)n1. The summed E-state index contributed by atoms with van der Waals surface area (Å²) in [6.45, 7) is 6.62. The Balaban J connectivity index is 2.01. The molecule has 0 saturated carbocycles. The molecular weight excluding hydrogens is 254 g/mol. The summed E-state index contributed by atoms with van der Waals surface area (Å²) < 4.78 is 10.7. The summed E-state index contributed by atoms with van der Waals surface area (Å²) in [5.74, 6) is 1.54.